The minimum atomic E-state index is -3.66. The van der Waals surface area contributed by atoms with Gasteiger partial charge in [0, 0.05) is 6.04 Å². The zero-order valence-electron chi connectivity index (χ0n) is 8.70. The van der Waals surface area contributed by atoms with E-state index in [4.69, 9.17) is 5.11 Å². The molecule has 1 aromatic heterocycles. The molecule has 2 atom stereocenters. The molecule has 1 heterocycles. The molecule has 0 fully saturated rings. The van der Waals surface area contributed by atoms with E-state index >= 15 is 0 Å². The van der Waals surface area contributed by atoms with Gasteiger partial charge in [0.2, 0.25) is 0 Å². The number of aromatic amines is 1. The average Bonchev–Trinajstić information content (AvgIpc) is 2.85. The van der Waals surface area contributed by atoms with E-state index in [0.717, 1.165) is 0 Å². The highest BCUT2D eigenvalue weighted by Crippen LogP contribution is 2.19. The highest BCUT2D eigenvalue weighted by Gasteiger charge is 2.28. The fourth-order valence-corrected chi connectivity index (χ4v) is 2.74. The zero-order valence-corrected chi connectivity index (χ0v) is 9.52. The van der Waals surface area contributed by atoms with Gasteiger partial charge in [-0.15, -0.1) is 0 Å². The normalized spacial score (nSPS) is 24.0. The van der Waals surface area contributed by atoms with E-state index in [0.29, 0.717) is 0 Å². The molecular weight excluding hydrogens is 246 g/mol. The second-order valence-corrected chi connectivity index (χ2v) is 5.40. The summed E-state index contributed by atoms with van der Waals surface area (Å²) in [5.74, 6) is -1.59. The molecule has 2 rings (SSSR count). The van der Waals surface area contributed by atoms with Crippen molar-refractivity contribution in [2.45, 2.75) is 17.5 Å². The van der Waals surface area contributed by atoms with Gasteiger partial charge in [0.15, 0.2) is 5.03 Å². The van der Waals surface area contributed by atoms with Crippen LogP contribution in [0.2, 0.25) is 0 Å². The molecule has 0 aromatic carbocycles. The number of sulfonamides is 1. The third-order valence-electron chi connectivity index (χ3n) is 2.47. The Hall–Kier alpha value is -1.67. The molecule has 17 heavy (non-hydrogen) atoms. The van der Waals surface area contributed by atoms with Gasteiger partial charge in [-0.3, -0.25) is 9.89 Å². The Labute approximate surface area is 97.6 Å². The lowest BCUT2D eigenvalue weighted by Gasteiger charge is -2.11. The van der Waals surface area contributed by atoms with Crippen LogP contribution in [0.4, 0.5) is 0 Å². The van der Waals surface area contributed by atoms with Crippen LogP contribution >= 0.6 is 0 Å². The fraction of sp³-hybridized carbons (Fsp3) is 0.333. The molecule has 0 amide bonds. The van der Waals surface area contributed by atoms with Gasteiger partial charge in [0.05, 0.1) is 12.1 Å². The first-order chi connectivity index (χ1) is 7.99. The molecule has 0 radical (unpaired) electrons. The first kappa shape index (κ1) is 11.8. The van der Waals surface area contributed by atoms with Crippen LogP contribution in [-0.2, 0) is 14.8 Å². The summed E-state index contributed by atoms with van der Waals surface area (Å²) in [4.78, 5) is 10.7. The second-order valence-electron chi connectivity index (χ2n) is 3.71. The topological polar surface area (TPSA) is 112 Å². The van der Waals surface area contributed by atoms with Gasteiger partial charge < -0.3 is 5.11 Å². The number of carboxylic acid groups (broad SMARTS) is 1. The summed E-state index contributed by atoms with van der Waals surface area (Å²) in [6, 6.07) is 0.833. The molecule has 7 nitrogen and oxygen atoms in total. The van der Waals surface area contributed by atoms with Crippen molar-refractivity contribution >= 4 is 16.0 Å². The van der Waals surface area contributed by atoms with E-state index in [-0.39, 0.29) is 11.4 Å². The molecule has 1 aromatic rings. The van der Waals surface area contributed by atoms with Crippen LogP contribution < -0.4 is 4.72 Å². The first-order valence-corrected chi connectivity index (χ1v) is 6.40. The van der Waals surface area contributed by atoms with Crippen LogP contribution in [0.25, 0.3) is 0 Å². The molecule has 2 unspecified atom stereocenters. The minimum absolute atomic E-state index is 0.0373. The second kappa shape index (κ2) is 4.30. The van der Waals surface area contributed by atoms with E-state index in [1.54, 1.807) is 6.08 Å². The molecule has 0 aliphatic heterocycles. The quantitative estimate of drug-likeness (QED) is 0.642. The molecule has 0 saturated carbocycles. The van der Waals surface area contributed by atoms with E-state index in [1.807, 2.05) is 0 Å². The van der Waals surface area contributed by atoms with Crippen molar-refractivity contribution in [3.05, 3.63) is 24.4 Å². The number of aliphatic carboxylic acids is 1. The Morgan fingerprint density at radius 1 is 1.53 bits per heavy atom. The Bertz CT molecular complexity index is 535. The highest BCUT2D eigenvalue weighted by atomic mass is 32.2. The number of carbonyl (C=O) groups is 1. The van der Waals surface area contributed by atoms with Gasteiger partial charge in [0.1, 0.15) is 0 Å². The summed E-state index contributed by atoms with van der Waals surface area (Å²) in [7, 11) is -3.66. The van der Waals surface area contributed by atoms with Gasteiger partial charge in [-0.2, -0.15) is 5.10 Å². The van der Waals surface area contributed by atoms with Crippen LogP contribution in [0, 0.1) is 5.92 Å². The van der Waals surface area contributed by atoms with Crippen molar-refractivity contribution in [1.82, 2.24) is 14.9 Å². The average molecular weight is 257 g/mol. The minimum Gasteiger partial charge on any atom is -0.481 e. The Balaban J connectivity index is 2.05. The molecule has 0 saturated heterocycles. The predicted molar refractivity (Wildman–Crippen MR) is 57.6 cm³/mol. The summed E-state index contributed by atoms with van der Waals surface area (Å²) in [6.07, 6.45) is 4.59. The molecule has 1 aliphatic carbocycles. The molecule has 0 spiro atoms. The predicted octanol–water partition coefficient (Wildman–Crippen LogP) is -0.283. The molecule has 8 heteroatoms. The number of hydrogen-bond donors (Lipinski definition) is 3. The molecule has 92 valence electrons. The van der Waals surface area contributed by atoms with E-state index in [2.05, 4.69) is 14.9 Å². The maximum atomic E-state index is 11.8. The standard InChI is InChI=1S/C9H11N3O4S/c13-9(14)6-1-2-7(5-6)12-17(15,16)8-3-4-10-11-8/h1-4,6-7,12H,5H2,(H,10,11)(H,13,14). The fourth-order valence-electron chi connectivity index (χ4n) is 1.63. The third-order valence-corrected chi connectivity index (χ3v) is 3.89. The van der Waals surface area contributed by atoms with Crippen LogP contribution in [0.15, 0.2) is 29.4 Å². The lowest BCUT2D eigenvalue weighted by Crippen LogP contribution is -2.33. The SMILES string of the molecule is O=C(O)C1C=CC(NS(=O)(=O)c2ccn[nH]2)C1. The van der Waals surface area contributed by atoms with Gasteiger partial charge in [-0.05, 0) is 12.5 Å². The number of aromatic nitrogens is 2. The van der Waals surface area contributed by atoms with Crippen molar-refractivity contribution in [1.29, 1.82) is 0 Å². The summed E-state index contributed by atoms with van der Waals surface area (Å²) in [5.41, 5.74) is 0. The van der Waals surface area contributed by atoms with Crippen LogP contribution in [0.3, 0.4) is 0 Å². The van der Waals surface area contributed by atoms with E-state index in [9.17, 15) is 13.2 Å². The van der Waals surface area contributed by atoms with Gasteiger partial charge in [-0.1, -0.05) is 12.2 Å². The van der Waals surface area contributed by atoms with E-state index in [1.165, 1.54) is 18.3 Å². The Kier molecular flexibility index (Phi) is 2.99. The maximum Gasteiger partial charge on any atom is 0.310 e. The number of rotatable bonds is 4. The van der Waals surface area contributed by atoms with Crippen molar-refractivity contribution in [2.24, 2.45) is 5.92 Å². The molecule has 1 aliphatic rings. The van der Waals surface area contributed by atoms with Crippen molar-refractivity contribution in [2.75, 3.05) is 0 Å². The number of nitrogens with zero attached hydrogens (tertiary/aromatic N) is 1. The van der Waals surface area contributed by atoms with Crippen LogP contribution in [-0.4, -0.2) is 35.7 Å². The number of H-pyrrole nitrogens is 1. The summed E-state index contributed by atoms with van der Waals surface area (Å²) >= 11 is 0. The van der Waals surface area contributed by atoms with Gasteiger partial charge >= 0.3 is 5.97 Å². The molecular formula is C9H11N3O4S. The lowest BCUT2D eigenvalue weighted by atomic mass is 10.1. The molecule has 3 N–H and O–H groups in total. The lowest BCUT2D eigenvalue weighted by molar-refractivity contribution is -0.140. The number of hydrogen-bond acceptors (Lipinski definition) is 4. The van der Waals surface area contributed by atoms with Crippen molar-refractivity contribution < 1.29 is 18.3 Å². The largest absolute Gasteiger partial charge is 0.481 e. The van der Waals surface area contributed by atoms with Crippen molar-refractivity contribution in [3.63, 3.8) is 0 Å². The Morgan fingerprint density at radius 3 is 2.82 bits per heavy atom. The number of nitrogens with one attached hydrogen (secondary N) is 2. The van der Waals surface area contributed by atoms with E-state index < -0.39 is 28.0 Å². The molecule has 0 bridgehead atoms. The number of carboxylic acids is 1. The summed E-state index contributed by atoms with van der Waals surface area (Å²) in [6.45, 7) is 0. The van der Waals surface area contributed by atoms with Crippen LogP contribution in [0.5, 0.6) is 0 Å². The summed E-state index contributed by atoms with van der Waals surface area (Å²) < 4.78 is 25.9. The van der Waals surface area contributed by atoms with Gasteiger partial charge in [0.25, 0.3) is 10.0 Å². The third kappa shape index (κ3) is 2.53. The Morgan fingerprint density at radius 2 is 2.29 bits per heavy atom. The van der Waals surface area contributed by atoms with Crippen LogP contribution in [0.1, 0.15) is 6.42 Å². The highest BCUT2D eigenvalue weighted by molar-refractivity contribution is 7.89. The van der Waals surface area contributed by atoms with Gasteiger partial charge in [-0.25, -0.2) is 13.1 Å². The first-order valence-electron chi connectivity index (χ1n) is 4.92. The summed E-state index contributed by atoms with van der Waals surface area (Å²) in [5, 5.41) is 14.6. The van der Waals surface area contributed by atoms with Crippen molar-refractivity contribution in [3.8, 4) is 0 Å². The monoisotopic (exact) mass is 257 g/mol. The zero-order chi connectivity index (χ0) is 12.5. The smallest absolute Gasteiger partial charge is 0.310 e. The maximum absolute atomic E-state index is 11.8.